The van der Waals surface area contributed by atoms with Gasteiger partial charge in [0.2, 0.25) is 5.91 Å². The number of nitrogens with one attached hydrogen (secondary N) is 3. The number of fused-ring (bicyclic) bond motifs is 1. The molecule has 0 saturated heterocycles. The van der Waals surface area contributed by atoms with Crippen LogP contribution in [-0.4, -0.2) is 35.0 Å². The van der Waals surface area contributed by atoms with Gasteiger partial charge in [0.1, 0.15) is 10.0 Å². The van der Waals surface area contributed by atoms with Crippen LogP contribution in [0.5, 0.6) is 0 Å². The van der Waals surface area contributed by atoms with Crippen LogP contribution >= 0.6 is 22.7 Å². The lowest BCUT2D eigenvalue weighted by atomic mass is 10.0. The van der Waals surface area contributed by atoms with Crippen molar-refractivity contribution < 1.29 is 4.79 Å². The van der Waals surface area contributed by atoms with Gasteiger partial charge in [-0.2, -0.15) is 0 Å². The largest absolute Gasteiger partial charge is 0.317 e. The first-order valence-corrected chi connectivity index (χ1v) is 12.0. The van der Waals surface area contributed by atoms with Crippen LogP contribution in [0.1, 0.15) is 36.3 Å². The van der Waals surface area contributed by atoms with Crippen LogP contribution in [-0.2, 0) is 17.8 Å². The molecule has 0 bridgehead atoms. The summed E-state index contributed by atoms with van der Waals surface area (Å²) in [7, 11) is 0. The van der Waals surface area contributed by atoms with Crippen molar-refractivity contribution in [2.45, 2.75) is 46.2 Å². The molecule has 0 radical (unpaired) electrons. The third-order valence-electron chi connectivity index (χ3n) is 5.12. The highest BCUT2D eigenvalue weighted by Gasteiger charge is 2.25. The minimum atomic E-state index is 0.0378. The zero-order chi connectivity index (χ0) is 21.1. The molecule has 0 aliphatic carbocycles. The summed E-state index contributed by atoms with van der Waals surface area (Å²) in [6.07, 6.45) is 5.07. The Bertz CT molecular complexity index is 1040. The molecule has 30 heavy (non-hydrogen) atoms. The molecule has 158 valence electrons. The van der Waals surface area contributed by atoms with Crippen LogP contribution in [0, 0.1) is 6.92 Å². The highest BCUT2D eigenvalue weighted by Crippen LogP contribution is 2.44. The highest BCUT2D eigenvalue weighted by molar-refractivity contribution is 7.18. The number of carbonyl (C=O) groups is 1. The Morgan fingerprint density at radius 1 is 1.37 bits per heavy atom. The molecule has 3 aromatic heterocycles. The van der Waals surface area contributed by atoms with Crippen LogP contribution in [0.4, 0.5) is 5.00 Å². The summed E-state index contributed by atoms with van der Waals surface area (Å²) in [6.45, 7) is 8.71. The van der Waals surface area contributed by atoms with Crippen LogP contribution < -0.4 is 16.0 Å². The van der Waals surface area contributed by atoms with Crippen molar-refractivity contribution >= 4 is 33.6 Å². The SMILES string of the molecule is Cc1ccncc1-c1csc(-c2c(NC(=O)CCNC(C)C)sc3c2CCNC3)n1. The van der Waals surface area contributed by atoms with E-state index in [1.54, 1.807) is 28.9 Å². The summed E-state index contributed by atoms with van der Waals surface area (Å²) in [4.78, 5) is 23.1. The number of nitrogens with zero attached hydrogens (tertiary/aromatic N) is 2. The first-order valence-electron chi connectivity index (χ1n) is 10.3. The normalized spacial score (nSPS) is 13.5. The molecule has 3 N–H and O–H groups in total. The first kappa shape index (κ1) is 21.1. The fourth-order valence-electron chi connectivity index (χ4n) is 3.56. The summed E-state index contributed by atoms with van der Waals surface area (Å²) in [5.74, 6) is 0.0378. The van der Waals surface area contributed by atoms with Crippen molar-refractivity contribution in [2.75, 3.05) is 18.4 Å². The Morgan fingerprint density at radius 3 is 3.03 bits per heavy atom. The van der Waals surface area contributed by atoms with Gasteiger partial charge in [-0.25, -0.2) is 4.98 Å². The number of anilines is 1. The number of pyridine rings is 1. The monoisotopic (exact) mass is 441 g/mol. The summed E-state index contributed by atoms with van der Waals surface area (Å²) >= 11 is 3.30. The van der Waals surface area contributed by atoms with Gasteiger partial charge in [-0.05, 0) is 37.1 Å². The van der Waals surface area contributed by atoms with Gasteiger partial charge in [0.15, 0.2) is 0 Å². The number of aromatic nitrogens is 2. The average Bonchev–Trinajstić information content (AvgIpc) is 3.32. The lowest BCUT2D eigenvalue weighted by molar-refractivity contribution is -0.116. The van der Waals surface area contributed by atoms with Gasteiger partial charge in [0, 0.05) is 59.3 Å². The lowest BCUT2D eigenvalue weighted by Crippen LogP contribution is -2.27. The van der Waals surface area contributed by atoms with Crippen molar-refractivity contribution in [1.82, 2.24) is 20.6 Å². The highest BCUT2D eigenvalue weighted by atomic mass is 32.1. The van der Waals surface area contributed by atoms with E-state index in [0.29, 0.717) is 19.0 Å². The second-order valence-electron chi connectivity index (χ2n) is 7.77. The van der Waals surface area contributed by atoms with E-state index >= 15 is 0 Å². The molecule has 1 aliphatic heterocycles. The van der Waals surface area contributed by atoms with Crippen LogP contribution in [0.2, 0.25) is 0 Å². The maximum Gasteiger partial charge on any atom is 0.226 e. The molecule has 1 amide bonds. The lowest BCUT2D eigenvalue weighted by Gasteiger charge is -2.13. The summed E-state index contributed by atoms with van der Waals surface area (Å²) in [5.41, 5.74) is 5.56. The molecule has 0 saturated carbocycles. The molecule has 1 aliphatic rings. The number of carbonyl (C=O) groups excluding carboxylic acids is 1. The predicted molar refractivity (Wildman–Crippen MR) is 125 cm³/mol. The fraction of sp³-hybridized carbons (Fsp3) is 0.409. The zero-order valence-electron chi connectivity index (χ0n) is 17.5. The van der Waals surface area contributed by atoms with E-state index in [2.05, 4.69) is 47.1 Å². The van der Waals surface area contributed by atoms with Gasteiger partial charge in [-0.15, -0.1) is 22.7 Å². The summed E-state index contributed by atoms with van der Waals surface area (Å²) in [6, 6.07) is 2.38. The summed E-state index contributed by atoms with van der Waals surface area (Å²) in [5, 5.41) is 13.9. The minimum absolute atomic E-state index is 0.0378. The van der Waals surface area contributed by atoms with Gasteiger partial charge in [-0.1, -0.05) is 13.8 Å². The number of thiophene rings is 1. The number of hydrogen-bond donors (Lipinski definition) is 3. The predicted octanol–water partition coefficient (Wildman–Crippen LogP) is 4.21. The van der Waals surface area contributed by atoms with E-state index in [9.17, 15) is 4.79 Å². The first-order chi connectivity index (χ1) is 14.5. The average molecular weight is 442 g/mol. The van der Waals surface area contributed by atoms with Gasteiger partial charge < -0.3 is 16.0 Å². The van der Waals surface area contributed by atoms with Crippen molar-refractivity contribution in [3.8, 4) is 21.8 Å². The molecular formula is C22H27N5OS2. The van der Waals surface area contributed by atoms with E-state index in [1.165, 1.54) is 10.4 Å². The van der Waals surface area contributed by atoms with Crippen molar-refractivity contribution in [1.29, 1.82) is 0 Å². The zero-order valence-corrected chi connectivity index (χ0v) is 19.2. The molecule has 4 rings (SSSR count). The molecule has 0 atom stereocenters. The fourth-order valence-corrected chi connectivity index (χ4v) is 5.75. The van der Waals surface area contributed by atoms with Crippen LogP contribution in [0.3, 0.4) is 0 Å². The molecule has 4 heterocycles. The Morgan fingerprint density at radius 2 is 2.23 bits per heavy atom. The molecule has 3 aromatic rings. The van der Waals surface area contributed by atoms with E-state index in [1.807, 2.05) is 12.3 Å². The van der Waals surface area contributed by atoms with Crippen LogP contribution in [0.25, 0.3) is 21.8 Å². The van der Waals surface area contributed by atoms with E-state index in [-0.39, 0.29) is 5.91 Å². The van der Waals surface area contributed by atoms with Crippen molar-refractivity contribution in [2.24, 2.45) is 0 Å². The number of rotatable bonds is 7. The number of aryl methyl sites for hydroxylation is 1. The quantitative estimate of drug-likeness (QED) is 0.512. The molecule has 0 aromatic carbocycles. The van der Waals surface area contributed by atoms with Gasteiger partial charge >= 0.3 is 0 Å². The Balaban J connectivity index is 1.63. The van der Waals surface area contributed by atoms with Gasteiger partial charge in [0.05, 0.1) is 5.69 Å². The topological polar surface area (TPSA) is 78.9 Å². The summed E-state index contributed by atoms with van der Waals surface area (Å²) < 4.78 is 0. The second kappa shape index (κ2) is 9.34. The Labute approximate surface area is 185 Å². The molecule has 0 spiro atoms. The number of amides is 1. The Kier molecular flexibility index (Phi) is 6.58. The molecule has 0 fully saturated rings. The van der Waals surface area contributed by atoms with Crippen molar-refractivity contribution in [3.05, 3.63) is 39.8 Å². The maximum atomic E-state index is 12.6. The smallest absolute Gasteiger partial charge is 0.226 e. The molecule has 8 heteroatoms. The van der Waals surface area contributed by atoms with Gasteiger partial charge in [0.25, 0.3) is 0 Å². The number of thiazole rings is 1. The third kappa shape index (κ3) is 4.62. The second-order valence-corrected chi connectivity index (χ2v) is 9.73. The molecule has 6 nitrogen and oxygen atoms in total. The third-order valence-corrected chi connectivity index (χ3v) is 7.13. The molecule has 0 unspecified atom stereocenters. The van der Waals surface area contributed by atoms with Crippen molar-refractivity contribution in [3.63, 3.8) is 0 Å². The molecular weight excluding hydrogens is 414 g/mol. The minimum Gasteiger partial charge on any atom is -0.317 e. The van der Waals surface area contributed by atoms with Crippen LogP contribution in [0.15, 0.2) is 23.8 Å². The number of hydrogen-bond acceptors (Lipinski definition) is 7. The van der Waals surface area contributed by atoms with E-state index < -0.39 is 0 Å². The standard InChI is InChI=1S/C22H27N5OS2/c1-13(2)25-9-6-19(28)27-22-20(15-5-8-24-11-18(15)30-22)21-26-17(12-29-21)16-10-23-7-4-14(16)3/h4,7,10,12-13,24-25H,5-6,8-9,11H2,1-3H3,(H,27,28). The van der Waals surface area contributed by atoms with Gasteiger partial charge in [-0.3, -0.25) is 9.78 Å². The maximum absolute atomic E-state index is 12.6. The van der Waals surface area contributed by atoms with E-state index in [4.69, 9.17) is 4.98 Å². The van der Waals surface area contributed by atoms with E-state index in [0.717, 1.165) is 51.9 Å². The Hall–Kier alpha value is -2.13.